The summed E-state index contributed by atoms with van der Waals surface area (Å²) < 4.78 is 0. The van der Waals surface area contributed by atoms with Crippen molar-refractivity contribution in [3.63, 3.8) is 0 Å². The van der Waals surface area contributed by atoms with Crippen LogP contribution in [0.4, 0.5) is 5.69 Å². The van der Waals surface area contributed by atoms with E-state index in [1.807, 2.05) is 62.4 Å². The van der Waals surface area contributed by atoms with Crippen LogP contribution < -0.4 is 11.1 Å². The lowest BCUT2D eigenvalue weighted by atomic mass is 10.1. The Morgan fingerprint density at radius 3 is 2.64 bits per heavy atom. The zero-order chi connectivity index (χ0) is 15.9. The lowest BCUT2D eigenvalue weighted by Crippen LogP contribution is -2.19. The lowest BCUT2D eigenvalue weighted by Gasteiger charge is -2.08. The van der Waals surface area contributed by atoms with Crippen LogP contribution >= 0.6 is 0 Å². The second-order valence-corrected chi connectivity index (χ2v) is 4.98. The maximum Gasteiger partial charge on any atom is 0.265 e. The minimum atomic E-state index is -0.279. The molecule has 2 aromatic rings. The van der Waals surface area contributed by atoms with E-state index in [1.165, 1.54) is 0 Å². The molecular weight excluding hydrogens is 278 g/mol. The van der Waals surface area contributed by atoms with Gasteiger partial charge in [-0.25, -0.2) is 0 Å². The number of rotatable bonds is 5. The van der Waals surface area contributed by atoms with E-state index in [1.54, 1.807) is 0 Å². The third kappa shape index (κ3) is 4.34. The third-order valence-electron chi connectivity index (χ3n) is 3.10. The summed E-state index contributed by atoms with van der Waals surface area (Å²) in [6.45, 7) is 3.71. The van der Waals surface area contributed by atoms with Gasteiger partial charge in [-0.15, -0.1) is 0 Å². The van der Waals surface area contributed by atoms with Gasteiger partial charge < -0.3 is 15.9 Å². The van der Waals surface area contributed by atoms with E-state index in [4.69, 9.17) is 10.6 Å². The minimum Gasteiger partial charge on any atom is -0.384 e. The minimum absolute atomic E-state index is 0.194. The second-order valence-electron chi connectivity index (χ2n) is 4.98. The number of anilines is 1. The molecule has 0 aliphatic heterocycles. The van der Waals surface area contributed by atoms with Crippen molar-refractivity contribution < 1.29 is 9.63 Å². The van der Waals surface area contributed by atoms with Crippen molar-refractivity contribution in [1.82, 2.24) is 0 Å². The quantitative estimate of drug-likeness (QED) is 0.506. The molecule has 0 unspecified atom stereocenters. The van der Waals surface area contributed by atoms with Gasteiger partial charge in [0.2, 0.25) is 0 Å². The van der Waals surface area contributed by atoms with E-state index in [0.29, 0.717) is 0 Å². The third-order valence-corrected chi connectivity index (χ3v) is 3.10. The van der Waals surface area contributed by atoms with Crippen LogP contribution in [-0.2, 0) is 9.63 Å². The molecule has 2 rings (SSSR count). The highest BCUT2D eigenvalue weighted by atomic mass is 16.6. The molecule has 0 atom stereocenters. The second kappa shape index (κ2) is 7.26. The fraction of sp³-hybridized carbons (Fsp3) is 0.176. The molecule has 0 spiro atoms. The van der Waals surface area contributed by atoms with Crippen molar-refractivity contribution >= 4 is 17.4 Å². The van der Waals surface area contributed by atoms with Crippen LogP contribution in [0.15, 0.2) is 53.7 Å². The van der Waals surface area contributed by atoms with Gasteiger partial charge >= 0.3 is 0 Å². The summed E-state index contributed by atoms with van der Waals surface area (Å²) in [5, 5.41) is 6.54. The van der Waals surface area contributed by atoms with Gasteiger partial charge in [-0.3, -0.25) is 4.79 Å². The average molecular weight is 297 g/mol. The molecule has 3 N–H and O–H groups in total. The molecule has 2 aromatic carbocycles. The molecule has 0 radical (unpaired) electrons. The molecule has 0 aliphatic carbocycles. The Morgan fingerprint density at radius 1 is 1.18 bits per heavy atom. The highest BCUT2D eigenvalue weighted by molar-refractivity contribution is 5.97. The van der Waals surface area contributed by atoms with Gasteiger partial charge in [0.25, 0.3) is 5.91 Å². The Morgan fingerprint density at radius 2 is 1.91 bits per heavy atom. The highest BCUT2D eigenvalue weighted by Gasteiger charge is 2.06. The van der Waals surface area contributed by atoms with Crippen LogP contribution in [-0.4, -0.2) is 18.3 Å². The molecule has 1 amide bonds. The van der Waals surface area contributed by atoms with Crippen molar-refractivity contribution in [3.8, 4) is 0 Å². The van der Waals surface area contributed by atoms with E-state index in [9.17, 15) is 4.79 Å². The number of oxime groups is 1. The van der Waals surface area contributed by atoms with Gasteiger partial charge in [-0.1, -0.05) is 47.6 Å². The van der Waals surface area contributed by atoms with Crippen LogP contribution in [0.1, 0.15) is 16.7 Å². The Hall–Kier alpha value is -2.82. The predicted octanol–water partition coefficient (Wildman–Crippen LogP) is 2.58. The summed E-state index contributed by atoms with van der Waals surface area (Å²) in [7, 11) is 0. The molecule has 114 valence electrons. The number of nitrogens with two attached hydrogens (primary N) is 1. The normalized spacial score (nSPS) is 11.1. The number of amides is 1. The Kier molecular flexibility index (Phi) is 5.14. The number of nitrogens with zero attached hydrogens (tertiary/aromatic N) is 1. The van der Waals surface area contributed by atoms with Crippen molar-refractivity contribution in [2.45, 2.75) is 13.8 Å². The Bertz CT molecular complexity index is 682. The van der Waals surface area contributed by atoms with E-state index in [-0.39, 0.29) is 18.3 Å². The Labute approximate surface area is 129 Å². The molecule has 0 heterocycles. The topological polar surface area (TPSA) is 76.7 Å². The largest absolute Gasteiger partial charge is 0.384 e. The van der Waals surface area contributed by atoms with E-state index < -0.39 is 0 Å². The van der Waals surface area contributed by atoms with Crippen LogP contribution in [0.5, 0.6) is 0 Å². The zero-order valence-electron chi connectivity index (χ0n) is 12.7. The van der Waals surface area contributed by atoms with Crippen molar-refractivity contribution in [3.05, 3.63) is 65.2 Å². The summed E-state index contributed by atoms with van der Waals surface area (Å²) in [4.78, 5) is 16.9. The first-order valence-electron chi connectivity index (χ1n) is 6.94. The number of nitrogens with one attached hydrogen (secondary N) is 1. The van der Waals surface area contributed by atoms with Gasteiger partial charge in [0, 0.05) is 11.3 Å². The van der Waals surface area contributed by atoms with Crippen LogP contribution in [0.25, 0.3) is 0 Å². The number of hydrogen-bond donors (Lipinski definition) is 2. The van der Waals surface area contributed by atoms with Crippen LogP contribution in [0.3, 0.4) is 0 Å². The zero-order valence-corrected chi connectivity index (χ0v) is 12.7. The molecule has 0 fully saturated rings. The van der Waals surface area contributed by atoms with Crippen molar-refractivity contribution in [2.75, 3.05) is 11.9 Å². The number of aryl methyl sites for hydroxylation is 2. The fourth-order valence-corrected chi connectivity index (χ4v) is 1.88. The van der Waals surface area contributed by atoms with Gasteiger partial charge in [0.1, 0.15) is 0 Å². The first kappa shape index (κ1) is 15.6. The number of hydrogen-bond acceptors (Lipinski definition) is 3. The molecule has 0 saturated carbocycles. The average Bonchev–Trinajstić information content (AvgIpc) is 2.51. The van der Waals surface area contributed by atoms with Gasteiger partial charge in [-0.05, 0) is 31.0 Å². The smallest absolute Gasteiger partial charge is 0.265 e. The molecule has 5 nitrogen and oxygen atoms in total. The van der Waals surface area contributed by atoms with E-state index in [2.05, 4.69) is 10.5 Å². The van der Waals surface area contributed by atoms with Crippen LogP contribution in [0, 0.1) is 13.8 Å². The number of carbonyl (C=O) groups excluding carboxylic acids is 1. The number of amidine groups is 1. The molecule has 0 saturated heterocycles. The standard InChI is InChI=1S/C17H19N3O2/c1-12-8-9-13(2)15(10-12)19-16(21)11-22-20-17(18)14-6-4-3-5-7-14/h3-10H,11H2,1-2H3,(H2,18,20)(H,19,21). The van der Waals surface area contributed by atoms with Crippen molar-refractivity contribution in [2.24, 2.45) is 10.9 Å². The predicted molar refractivity (Wildman–Crippen MR) is 87.7 cm³/mol. The van der Waals surface area contributed by atoms with Crippen LogP contribution in [0.2, 0.25) is 0 Å². The first-order valence-corrected chi connectivity index (χ1v) is 6.94. The van der Waals surface area contributed by atoms with Gasteiger partial charge in [-0.2, -0.15) is 0 Å². The van der Waals surface area contributed by atoms with Gasteiger partial charge in [0.05, 0.1) is 0 Å². The van der Waals surface area contributed by atoms with Crippen molar-refractivity contribution in [1.29, 1.82) is 0 Å². The summed E-state index contributed by atoms with van der Waals surface area (Å²) in [5.74, 6) is -0.0431. The van der Waals surface area contributed by atoms with Gasteiger partial charge in [0.15, 0.2) is 12.4 Å². The summed E-state index contributed by atoms with van der Waals surface area (Å²) >= 11 is 0. The maximum atomic E-state index is 11.8. The highest BCUT2D eigenvalue weighted by Crippen LogP contribution is 2.16. The SMILES string of the molecule is Cc1ccc(C)c(NC(=O)CO/N=C(/N)c2ccccc2)c1. The summed E-state index contributed by atoms with van der Waals surface area (Å²) in [5.41, 5.74) is 9.36. The Balaban J connectivity index is 1.89. The number of benzene rings is 2. The molecule has 0 aromatic heterocycles. The molecule has 22 heavy (non-hydrogen) atoms. The maximum absolute atomic E-state index is 11.8. The molecule has 5 heteroatoms. The number of carbonyl (C=O) groups is 1. The first-order chi connectivity index (χ1) is 10.6. The molecule has 0 aliphatic rings. The summed E-state index contributed by atoms with van der Waals surface area (Å²) in [6.07, 6.45) is 0. The molecular formula is C17H19N3O2. The fourth-order valence-electron chi connectivity index (χ4n) is 1.88. The van der Waals surface area contributed by atoms with E-state index in [0.717, 1.165) is 22.4 Å². The molecule has 0 bridgehead atoms. The summed E-state index contributed by atoms with van der Waals surface area (Å²) in [6, 6.07) is 15.1. The monoisotopic (exact) mass is 297 g/mol. The van der Waals surface area contributed by atoms with E-state index >= 15 is 0 Å². The lowest BCUT2D eigenvalue weighted by molar-refractivity contribution is -0.120.